The van der Waals surface area contributed by atoms with Gasteiger partial charge >= 0.3 is 0 Å². The van der Waals surface area contributed by atoms with Crippen molar-refractivity contribution in [3.8, 4) is 0 Å². The van der Waals surface area contributed by atoms with Gasteiger partial charge in [-0.05, 0) is 12.8 Å². The van der Waals surface area contributed by atoms with Gasteiger partial charge in [-0.15, -0.1) is 0 Å². The Morgan fingerprint density at radius 3 is 2.88 bits per heavy atom. The van der Waals surface area contributed by atoms with Crippen LogP contribution in [0, 0.1) is 0 Å². The predicted octanol–water partition coefficient (Wildman–Crippen LogP) is 1.99. The lowest BCUT2D eigenvalue weighted by Gasteiger charge is -2.05. The molecule has 0 saturated heterocycles. The lowest BCUT2D eigenvalue weighted by molar-refractivity contribution is 0.137. The van der Waals surface area contributed by atoms with Crippen LogP contribution >= 0.6 is 0 Å². The van der Waals surface area contributed by atoms with E-state index in [1.54, 1.807) is 6.20 Å². The Labute approximate surface area is 101 Å². The highest BCUT2D eigenvalue weighted by atomic mass is 16.5. The zero-order chi connectivity index (χ0) is 12.3. The van der Waals surface area contributed by atoms with Gasteiger partial charge in [-0.3, -0.25) is 0 Å². The maximum Gasteiger partial charge on any atom is 0.176 e. The fraction of sp³-hybridized carbons (Fsp3) is 0.583. The highest BCUT2D eigenvalue weighted by Crippen LogP contribution is 2.14. The number of ether oxygens (including phenoxy) is 1. The summed E-state index contributed by atoms with van der Waals surface area (Å²) >= 11 is 0. The number of hydrogen-bond donors (Lipinski definition) is 0. The molecule has 2 aromatic heterocycles. The van der Waals surface area contributed by atoms with Crippen LogP contribution in [-0.4, -0.2) is 33.0 Å². The maximum absolute atomic E-state index is 5.31. The van der Waals surface area contributed by atoms with Gasteiger partial charge in [0.25, 0.3) is 0 Å². The molecule has 0 aromatic carbocycles. The topological polar surface area (TPSA) is 52.8 Å². The molecular weight excluding hydrogens is 216 g/mol. The van der Waals surface area contributed by atoms with E-state index in [0.29, 0.717) is 19.1 Å². The molecule has 2 rings (SSSR count). The third-order valence-electron chi connectivity index (χ3n) is 2.60. The Balaban J connectivity index is 2.22. The molecule has 0 spiro atoms. The van der Waals surface area contributed by atoms with Crippen molar-refractivity contribution in [1.29, 1.82) is 0 Å². The van der Waals surface area contributed by atoms with Gasteiger partial charge in [0.1, 0.15) is 5.52 Å². The van der Waals surface area contributed by atoms with Crippen LogP contribution in [0.4, 0.5) is 0 Å². The molecule has 0 amide bonds. The van der Waals surface area contributed by atoms with E-state index in [0.717, 1.165) is 23.5 Å². The second kappa shape index (κ2) is 5.23. The van der Waals surface area contributed by atoms with E-state index < -0.39 is 0 Å². The molecule has 0 aliphatic heterocycles. The predicted molar refractivity (Wildman–Crippen MR) is 65.9 cm³/mol. The molecule has 2 heterocycles. The molecule has 5 nitrogen and oxygen atoms in total. The smallest absolute Gasteiger partial charge is 0.176 e. The van der Waals surface area contributed by atoms with Gasteiger partial charge in [0.05, 0.1) is 31.2 Å². The third kappa shape index (κ3) is 2.61. The summed E-state index contributed by atoms with van der Waals surface area (Å²) < 4.78 is 7.14. The van der Waals surface area contributed by atoms with Crippen LogP contribution < -0.4 is 0 Å². The van der Waals surface area contributed by atoms with Crippen LogP contribution in [-0.2, 0) is 11.3 Å². The number of fused-ring (bicyclic) bond motifs is 1. The van der Waals surface area contributed by atoms with Gasteiger partial charge in [0, 0.05) is 6.61 Å². The average Bonchev–Trinajstić information content (AvgIpc) is 2.72. The number of rotatable bonds is 5. The summed E-state index contributed by atoms with van der Waals surface area (Å²) in [6.45, 7) is 8.29. The molecule has 0 saturated carbocycles. The van der Waals surface area contributed by atoms with Crippen molar-refractivity contribution >= 4 is 11.2 Å². The molecule has 92 valence electrons. The van der Waals surface area contributed by atoms with Crippen molar-refractivity contribution in [1.82, 2.24) is 19.7 Å². The van der Waals surface area contributed by atoms with Crippen molar-refractivity contribution in [2.75, 3.05) is 13.2 Å². The highest BCUT2D eigenvalue weighted by molar-refractivity contribution is 5.69. The summed E-state index contributed by atoms with van der Waals surface area (Å²) in [7, 11) is 0. The van der Waals surface area contributed by atoms with Crippen LogP contribution in [0.3, 0.4) is 0 Å². The fourth-order valence-electron chi connectivity index (χ4n) is 1.61. The van der Waals surface area contributed by atoms with Crippen molar-refractivity contribution in [3.63, 3.8) is 0 Å². The minimum Gasteiger partial charge on any atom is -0.380 e. The normalized spacial score (nSPS) is 11.5. The van der Waals surface area contributed by atoms with E-state index in [1.165, 1.54) is 0 Å². The van der Waals surface area contributed by atoms with E-state index in [-0.39, 0.29) is 0 Å². The standard InChI is InChI=1S/C12H18N4O/c1-4-17-6-5-16-12-11(8-14-16)15-10(7-13-12)9(2)3/h7-9H,4-6H2,1-3H3. The van der Waals surface area contributed by atoms with Crippen molar-refractivity contribution in [2.24, 2.45) is 0 Å². The quantitative estimate of drug-likeness (QED) is 0.742. The SMILES string of the molecule is CCOCCn1ncc2nc(C(C)C)cnc21. The summed E-state index contributed by atoms with van der Waals surface area (Å²) in [5.41, 5.74) is 2.68. The highest BCUT2D eigenvalue weighted by Gasteiger charge is 2.08. The Bertz CT molecular complexity index is 492. The van der Waals surface area contributed by atoms with E-state index in [2.05, 4.69) is 28.9 Å². The molecule has 0 N–H and O–H groups in total. The first-order valence-corrected chi connectivity index (χ1v) is 5.98. The van der Waals surface area contributed by atoms with Gasteiger partial charge < -0.3 is 4.74 Å². The van der Waals surface area contributed by atoms with Crippen molar-refractivity contribution in [3.05, 3.63) is 18.1 Å². The first-order valence-electron chi connectivity index (χ1n) is 5.98. The van der Waals surface area contributed by atoms with Crippen LogP contribution in [0.5, 0.6) is 0 Å². The second-order valence-electron chi connectivity index (χ2n) is 4.22. The minimum absolute atomic E-state index is 0.388. The van der Waals surface area contributed by atoms with E-state index >= 15 is 0 Å². The molecule has 0 atom stereocenters. The molecule has 0 radical (unpaired) electrons. The fourth-order valence-corrected chi connectivity index (χ4v) is 1.61. The number of hydrogen-bond acceptors (Lipinski definition) is 4. The van der Waals surface area contributed by atoms with Crippen LogP contribution in [0.2, 0.25) is 0 Å². The molecule has 5 heteroatoms. The Hall–Kier alpha value is -1.49. The van der Waals surface area contributed by atoms with Crippen molar-refractivity contribution < 1.29 is 4.74 Å². The molecular formula is C12H18N4O. The summed E-state index contributed by atoms with van der Waals surface area (Å²) in [6, 6.07) is 0. The first kappa shape index (κ1) is 12.0. The van der Waals surface area contributed by atoms with E-state index in [4.69, 9.17) is 4.74 Å². The zero-order valence-electron chi connectivity index (χ0n) is 10.6. The van der Waals surface area contributed by atoms with E-state index in [1.807, 2.05) is 17.8 Å². The Kier molecular flexibility index (Phi) is 3.68. The first-order chi connectivity index (χ1) is 8.22. The van der Waals surface area contributed by atoms with Crippen LogP contribution in [0.25, 0.3) is 11.2 Å². The largest absolute Gasteiger partial charge is 0.380 e. The molecule has 2 aromatic rings. The van der Waals surface area contributed by atoms with Gasteiger partial charge in [0.15, 0.2) is 5.65 Å². The lowest BCUT2D eigenvalue weighted by atomic mass is 10.1. The third-order valence-corrected chi connectivity index (χ3v) is 2.60. The van der Waals surface area contributed by atoms with Crippen molar-refractivity contribution in [2.45, 2.75) is 33.2 Å². The average molecular weight is 234 g/mol. The minimum atomic E-state index is 0.388. The molecule has 0 aliphatic carbocycles. The number of nitrogens with zero attached hydrogens (tertiary/aromatic N) is 4. The number of aromatic nitrogens is 4. The molecule has 0 fully saturated rings. The van der Waals surface area contributed by atoms with E-state index in [9.17, 15) is 0 Å². The molecule has 17 heavy (non-hydrogen) atoms. The summed E-state index contributed by atoms with van der Waals surface area (Å²) in [6.07, 6.45) is 3.59. The Morgan fingerprint density at radius 1 is 1.35 bits per heavy atom. The monoisotopic (exact) mass is 234 g/mol. The van der Waals surface area contributed by atoms with Crippen LogP contribution in [0.15, 0.2) is 12.4 Å². The molecule has 0 unspecified atom stereocenters. The zero-order valence-corrected chi connectivity index (χ0v) is 10.6. The van der Waals surface area contributed by atoms with Gasteiger partial charge in [0.2, 0.25) is 0 Å². The van der Waals surface area contributed by atoms with Gasteiger partial charge in [-0.2, -0.15) is 5.10 Å². The summed E-state index contributed by atoms with van der Waals surface area (Å²) in [5, 5.41) is 4.28. The maximum atomic E-state index is 5.31. The van der Waals surface area contributed by atoms with Gasteiger partial charge in [-0.25, -0.2) is 14.6 Å². The summed E-state index contributed by atoms with van der Waals surface area (Å²) in [4.78, 5) is 8.96. The lowest BCUT2D eigenvalue weighted by Crippen LogP contribution is -2.08. The summed E-state index contributed by atoms with van der Waals surface area (Å²) in [5.74, 6) is 0.388. The van der Waals surface area contributed by atoms with Gasteiger partial charge in [-0.1, -0.05) is 13.8 Å². The van der Waals surface area contributed by atoms with Crippen LogP contribution in [0.1, 0.15) is 32.4 Å². The second-order valence-corrected chi connectivity index (χ2v) is 4.22. The molecule has 0 bridgehead atoms. The Morgan fingerprint density at radius 2 is 2.18 bits per heavy atom. The molecule has 0 aliphatic rings.